The summed E-state index contributed by atoms with van der Waals surface area (Å²) in [7, 11) is 0. The number of fused-ring (bicyclic) bond motifs is 1. The first-order valence-electron chi connectivity index (χ1n) is 9.64. The van der Waals surface area contributed by atoms with E-state index in [4.69, 9.17) is 0 Å². The number of hydrogen-bond donors (Lipinski definition) is 2. The number of carbonyl (C=O) groups excluding carboxylic acids is 1. The summed E-state index contributed by atoms with van der Waals surface area (Å²) in [5.74, 6) is 0.00825. The smallest absolute Gasteiger partial charge is 0.255 e. The van der Waals surface area contributed by atoms with Crippen molar-refractivity contribution in [2.24, 2.45) is 0 Å². The molecule has 30 heavy (non-hydrogen) atoms. The summed E-state index contributed by atoms with van der Waals surface area (Å²) in [5.41, 5.74) is 2.99. The normalized spacial score (nSPS) is 10.8. The van der Waals surface area contributed by atoms with Crippen LogP contribution < -0.4 is 10.9 Å². The highest BCUT2D eigenvalue weighted by Gasteiger charge is 2.12. The first-order chi connectivity index (χ1) is 14.6. The van der Waals surface area contributed by atoms with Crippen LogP contribution in [0.15, 0.2) is 82.7 Å². The van der Waals surface area contributed by atoms with Gasteiger partial charge in [-0.3, -0.25) is 9.59 Å². The van der Waals surface area contributed by atoms with E-state index >= 15 is 0 Å². The van der Waals surface area contributed by atoms with Gasteiger partial charge in [-0.05, 0) is 23.9 Å². The number of benzene rings is 3. The molecule has 0 fully saturated rings. The molecular weight excluding hydrogens is 394 g/mol. The molecule has 3 aromatic carbocycles. The van der Waals surface area contributed by atoms with Crippen LogP contribution in [0.5, 0.6) is 0 Å². The molecule has 0 aliphatic rings. The van der Waals surface area contributed by atoms with Crippen molar-refractivity contribution < 1.29 is 4.79 Å². The third-order valence-electron chi connectivity index (χ3n) is 4.83. The molecule has 1 aromatic heterocycles. The second-order valence-corrected chi connectivity index (χ2v) is 7.93. The van der Waals surface area contributed by atoms with Gasteiger partial charge in [-0.2, -0.15) is 0 Å². The number of aromatic amines is 1. The summed E-state index contributed by atoms with van der Waals surface area (Å²) in [5, 5.41) is 5.46. The Hall–Kier alpha value is -3.38. The molecule has 0 spiro atoms. The highest BCUT2D eigenvalue weighted by molar-refractivity contribution is 7.99. The maximum Gasteiger partial charge on any atom is 0.255 e. The van der Waals surface area contributed by atoms with Gasteiger partial charge in [-0.15, -0.1) is 0 Å². The van der Waals surface area contributed by atoms with Gasteiger partial charge in [0.25, 0.3) is 5.56 Å². The fourth-order valence-electron chi connectivity index (χ4n) is 3.32. The lowest BCUT2D eigenvalue weighted by molar-refractivity contribution is -0.113. The van der Waals surface area contributed by atoms with Gasteiger partial charge in [-0.25, -0.2) is 4.98 Å². The number of nitrogens with zero attached hydrogens (tertiary/aromatic N) is 1. The molecule has 4 rings (SSSR count). The van der Waals surface area contributed by atoms with Crippen molar-refractivity contribution in [2.45, 2.75) is 18.5 Å². The molecule has 1 heterocycles. The molecule has 0 saturated carbocycles. The third-order valence-corrected chi connectivity index (χ3v) is 5.70. The standard InChI is InChI=1S/C24H21N3O2S/c1-16-20(14-17-8-3-2-4-9-17)23(29)27-24(25-16)30-15-22(28)26-21-13-7-11-18-10-5-6-12-19(18)21/h2-13H,14-15H2,1H3,(H,26,28)(H,25,27,29). The maximum absolute atomic E-state index is 12.5. The quantitative estimate of drug-likeness (QED) is 0.358. The predicted octanol–water partition coefficient (Wildman–Crippen LogP) is 4.55. The molecule has 2 N–H and O–H groups in total. The predicted molar refractivity (Wildman–Crippen MR) is 122 cm³/mol. The Bertz CT molecular complexity index is 1250. The first kappa shape index (κ1) is 19.9. The van der Waals surface area contributed by atoms with Crippen LogP contribution in [0, 0.1) is 6.92 Å². The Morgan fingerprint density at radius 2 is 1.73 bits per heavy atom. The Kier molecular flexibility index (Phi) is 5.95. The lowest BCUT2D eigenvalue weighted by Crippen LogP contribution is -2.19. The Morgan fingerprint density at radius 1 is 1.00 bits per heavy atom. The maximum atomic E-state index is 12.5. The molecule has 0 radical (unpaired) electrons. The number of rotatable bonds is 6. The number of hydrogen-bond acceptors (Lipinski definition) is 4. The first-order valence-corrected chi connectivity index (χ1v) is 10.6. The Balaban J connectivity index is 1.43. The molecule has 5 nitrogen and oxygen atoms in total. The van der Waals surface area contributed by atoms with Gasteiger partial charge in [0.1, 0.15) is 0 Å². The fraction of sp³-hybridized carbons (Fsp3) is 0.125. The van der Waals surface area contributed by atoms with Crippen LogP contribution in [0.4, 0.5) is 5.69 Å². The van der Waals surface area contributed by atoms with Gasteiger partial charge in [0.2, 0.25) is 5.91 Å². The van der Waals surface area contributed by atoms with Crippen molar-refractivity contribution in [2.75, 3.05) is 11.1 Å². The largest absolute Gasteiger partial charge is 0.325 e. The van der Waals surface area contributed by atoms with E-state index in [0.29, 0.717) is 22.8 Å². The minimum Gasteiger partial charge on any atom is -0.325 e. The number of anilines is 1. The highest BCUT2D eigenvalue weighted by atomic mass is 32.2. The summed E-state index contributed by atoms with van der Waals surface area (Å²) < 4.78 is 0. The number of thioether (sulfide) groups is 1. The van der Waals surface area contributed by atoms with Crippen molar-refractivity contribution in [1.29, 1.82) is 0 Å². The summed E-state index contributed by atoms with van der Waals surface area (Å²) in [4.78, 5) is 32.3. The minimum absolute atomic E-state index is 0.148. The van der Waals surface area contributed by atoms with Crippen LogP contribution in [0.3, 0.4) is 0 Å². The van der Waals surface area contributed by atoms with Crippen molar-refractivity contribution in [1.82, 2.24) is 9.97 Å². The zero-order valence-electron chi connectivity index (χ0n) is 16.5. The number of carbonyl (C=O) groups is 1. The molecular formula is C24H21N3O2S. The van der Waals surface area contributed by atoms with E-state index in [0.717, 1.165) is 22.0 Å². The number of aryl methyl sites for hydroxylation is 1. The molecule has 0 saturated heterocycles. The molecule has 0 bridgehead atoms. The minimum atomic E-state index is -0.164. The highest BCUT2D eigenvalue weighted by Crippen LogP contribution is 2.23. The van der Waals surface area contributed by atoms with Crippen molar-refractivity contribution in [3.63, 3.8) is 0 Å². The fourth-order valence-corrected chi connectivity index (χ4v) is 4.02. The summed E-state index contributed by atoms with van der Waals surface area (Å²) in [6.07, 6.45) is 0.529. The molecule has 6 heteroatoms. The van der Waals surface area contributed by atoms with Gasteiger partial charge in [0.15, 0.2) is 5.16 Å². The van der Waals surface area contributed by atoms with Crippen molar-refractivity contribution in [3.05, 3.63) is 100.0 Å². The molecule has 0 aliphatic carbocycles. The zero-order chi connectivity index (χ0) is 20.9. The Labute approximate surface area is 178 Å². The van der Waals surface area contributed by atoms with Crippen LogP contribution in [-0.2, 0) is 11.2 Å². The van der Waals surface area contributed by atoms with Crippen molar-refractivity contribution >= 4 is 34.1 Å². The number of H-pyrrole nitrogens is 1. The van der Waals surface area contributed by atoms with Gasteiger partial charge in [0.05, 0.1) is 5.75 Å². The van der Waals surface area contributed by atoms with Crippen LogP contribution in [-0.4, -0.2) is 21.6 Å². The van der Waals surface area contributed by atoms with Crippen LogP contribution in [0.2, 0.25) is 0 Å². The molecule has 0 aliphatic heterocycles. The average molecular weight is 416 g/mol. The number of amides is 1. The molecule has 150 valence electrons. The molecule has 4 aromatic rings. The molecule has 0 atom stereocenters. The van der Waals surface area contributed by atoms with Gasteiger partial charge in [0, 0.05) is 28.8 Å². The second kappa shape index (κ2) is 8.97. The topological polar surface area (TPSA) is 74.8 Å². The van der Waals surface area contributed by atoms with E-state index in [1.807, 2.05) is 79.7 Å². The lowest BCUT2D eigenvalue weighted by atomic mass is 10.1. The summed E-state index contributed by atoms with van der Waals surface area (Å²) >= 11 is 1.22. The number of aromatic nitrogens is 2. The van der Waals surface area contributed by atoms with Crippen LogP contribution in [0.25, 0.3) is 10.8 Å². The summed E-state index contributed by atoms with van der Waals surface area (Å²) in [6.45, 7) is 1.83. The van der Waals surface area contributed by atoms with Gasteiger partial charge >= 0.3 is 0 Å². The van der Waals surface area contributed by atoms with Gasteiger partial charge in [-0.1, -0.05) is 78.5 Å². The third kappa shape index (κ3) is 4.60. The van der Waals surface area contributed by atoms with E-state index in [-0.39, 0.29) is 17.2 Å². The van der Waals surface area contributed by atoms with E-state index < -0.39 is 0 Å². The van der Waals surface area contributed by atoms with E-state index in [1.54, 1.807) is 0 Å². The summed E-state index contributed by atoms with van der Waals surface area (Å²) in [6, 6.07) is 23.5. The van der Waals surface area contributed by atoms with Gasteiger partial charge < -0.3 is 10.3 Å². The SMILES string of the molecule is Cc1nc(SCC(=O)Nc2cccc3ccccc23)[nH]c(=O)c1Cc1ccccc1. The Morgan fingerprint density at radius 3 is 2.53 bits per heavy atom. The molecule has 0 unspecified atom stereocenters. The second-order valence-electron chi connectivity index (χ2n) is 6.96. The van der Waals surface area contributed by atoms with E-state index in [9.17, 15) is 9.59 Å². The monoisotopic (exact) mass is 415 g/mol. The van der Waals surface area contributed by atoms with Crippen LogP contribution >= 0.6 is 11.8 Å². The van der Waals surface area contributed by atoms with Crippen LogP contribution in [0.1, 0.15) is 16.8 Å². The van der Waals surface area contributed by atoms with E-state index in [2.05, 4.69) is 15.3 Å². The van der Waals surface area contributed by atoms with E-state index in [1.165, 1.54) is 11.8 Å². The lowest BCUT2D eigenvalue weighted by Gasteiger charge is -2.09. The number of nitrogens with one attached hydrogen (secondary N) is 2. The molecule has 1 amide bonds. The zero-order valence-corrected chi connectivity index (χ0v) is 17.3. The van der Waals surface area contributed by atoms with Crippen molar-refractivity contribution in [3.8, 4) is 0 Å². The average Bonchev–Trinajstić information content (AvgIpc) is 2.76.